The van der Waals surface area contributed by atoms with E-state index in [9.17, 15) is 4.79 Å². The summed E-state index contributed by atoms with van der Waals surface area (Å²) in [5.41, 5.74) is 10.1. The van der Waals surface area contributed by atoms with Crippen LogP contribution in [-0.2, 0) is 0 Å². The quantitative estimate of drug-likeness (QED) is 0.601. The molecule has 1 fully saturated rings. The monoisotopic (exact) mass is 368 g/mol. The largest absolute Gasteiger partial charge is 0.383 e. The average molecular weight is 368 g/mol. The summed E-state index contributed by atoms with van der Waals surface area (Å²) >= 11 is 0. The lowest BCUT2D eigenvalue weighted by molar-refractivity contribution is 0.0986. The van der Waals surface area contributed by atoms with Crippen LogP contribution in [0, 0.1) is 0 Å². The zero-order chi connectivity index (χ0) is 19.6. The molecule has 3 rings (SSSR count). The number of nitrogen functional groups attached to an aromatic ring is 1. The lowest BCUT2D eigenvalue weighted by Gasteiger charge is -2.25. The first kappa shape index (κ1) is 19.1. The van der Waals surface area contributed by atoms with Crippen LogP contribution in [0.15, 0.2) is 25.1 Å². The molecule has 144 valence electrons. The highest BCUT2D eigenvalue weighted by Crippen LogP contribution is 2.32. The summed E-state index contributed by atoms with van der Waals surface area (Å²) in [5.74, 6) is 0.545. The number of nitrogens with one attached hydrogen (secondary N) is 1. The Morgan fingerprint density at radius 1 is 1.52 bits per heavy atom. The smallest absolute Gasteiger partial charge is 0.168 e. The first-order chi connectivity index (χ1) is 13.0. The van der Waals surface area contributed by atoms with E-state index >= 15 is 0 Å². The van der Waals surface area contributed by atoms with Crippen LogP contribution in [0.25, 0.3) is 11.2 Å². The number of carbonyl (C=O) groups excluding carboxylic acids is 1. The zero-order valence-corrected chi connectivity index (χ0v) is 16.3. The fraction of sp³-hybridized carbons (Fsp3) is 0.450. The van der Waals surface area contributed by atoms with E-state index in [0.717, 1.165) is 42.8 Å². The van der Waals surface area contributed by atoms with E-state index in [2.05, 4.69) is 17.0 Å². The van der Waals surface area contributed by atoms with Gasteiger partial charge < -0.3 is 16.0 Å². The first-order valence-corrected chi connectivity index (χ1v) is 9.40. The van der Waals surface area contributed by atoms with Gasteiger partial charge in [0.1, 0.15) is 5.82 Å². The van der Waals surface area contributed by atoms with E-state index in [1.165, 1.54) is 0 Å². The lowest BCUT2D eigenvalue weighted by atomic mass is 9.91. The van der Waals surface area contributed by atoms with E-state index in [1.54, 1.807) is 16.8 Å². The number of allylic oxidation sites excluding steroid dienone is 2. The summed E-state index contributed by atoms with van der Waals surface area (Å²) in [6.45, 7) is 7.56. The van der Waals surface area contributed by atoms with Crippen LogP contribution >= 0.6 is 0 Å². The van der Waals surface area contributed by atoms with Gasteiger partial charge in [-0.1, -0.05) is 19.6 Å². The number of nitrogens with two attached hydrogens (primary N) is 1. The number of hydrogen-bond acceptors (Lipinski definition) is 6. The van der Waals surface area contributed by atoms with Gasteiger partial charge >= 0.3 is 0 Å². The van der Waals surface area contributed by atoms with Gasteiger partial charge in [0.2, 0.25) is 0 Å². The third-order valence-corrected chi connectivity index (χ3v) is 4.92. The third kappa shape index (κ3) is 3.60. The van der Waals surface area contributed by atoms with Crippen molar-refractivity contribution in [2.24, 2.45) is 0 Å². The van der Waals surface area contributed by atoms with Gasteiger partial charge in [-0.2, -0.15) is 9.61 Å². The van der Waals surface area contributed by atoms with Crippen molar-refractivity contribution >= 4 is 22.8 Å². The van der Waals surface area contributed by atoms with Gasteiger partial charge in [0, 0.05) is 50.3 Å². The van der Waals surface area contributed by atoms with Crippen molar-refractivity contribution in [2.45, 2.75) is 32.1 Å². The molecule has 1 aliphatic rings. The van der Waals surface area contributed by atoms with Crippen molar-refractivity contribution in [1.29, 1.82) is 0 Å². The van der Waals surface area contributed by atoms with Crippen LogP contribution in [0.1, 0.15) is 53.7 Å². The van der Waals surface area contributed by atoms with E-state index in [4.69, 9.17) is 10.7 Å². The minimum absolute atomic E-state index is 0.00676. The van der Waals surface area contributed by atoms with Crippen molar-refractivity contribution in [3.63, 3.8) is 0 Å². The Kier molecular flexibility index (Phi) is 5.60. The maximum atomic E-state index is 12.7. The van der Waals surface area contributed by atoms with Crippen molar-refractivity contribution < 1.29 is 4.79 Å². The van der Waals surface area contributed by atoms with E-state index < -0.39 is 0 Å². The van der Waals surface area contributed by atoms with Gasteiger partial charge in [-0.05, 0) is 19.4 Å². The van der Waals surface area contributed by atoms with E-state index in [0.29, 0.717) is 23.4 Å². The number of fused-ring (bicyclic) bond motifs is 1. The molecule has 0 radical (unpaired) electrons. The molecule has 27 heavy (non-hydrogen) atoms. The fourth-order valence-corrected chi connectivity index (χ4v) is 3.59. The highest BCUT2D eigenvalue weighted by molar-refractivity contribution is 6.01. The molecule has 0 aliphatic carbocycles. The summed E-state index contributed by atoms with van der Waals surface area (Å²) in [6.07, 6.45) is 7.92. The molecular formula is C20H28N6O. The van der Waals surface area contributed by atoms with Crippen LogP contribution in [0.5, 0.6) is 0 Å². The van der Waals surface area contributed by atoms with Gasteiger partial charge in [-0.25, -0.2) is 4.98 Å². The highest BCUT2D eigenvalue weighted by Gasteiger charge is 2.27. The second-order valence-corrected chi connectivity index (χ2v) is 7.12. The van der Waals surface area contributed by atoms with Crippen molar-refractivity contribution in [1.82, 2.24) is 24.8 Å². The number of carbonyl (C=O) groups is 1. The highest BCUT2D eigenvalue weighted by atomic mass is 16.1. The Hall–Kier alpha value is -2.67. The maximum absolute atomic E-state index is 12.7. The van der Waals surface area contributed by atoms with Crippen molar-refractivity contribution in [3.05, 3.63) is 41.9 Å². The van der Waals surface area contributed by atoms with Crippen LogP contribution in [-0.4, -0.2) is 52.5 Å². The van der Waals surface area contributed by atoms with E-state index in [1.807, 2.05) is 32.1 Å². The van der Waals surface area contributed by atoms with Crippen LogP contribution in [0.3, 0.4) is 0 Å². The molecule has 2 aromatic rings. The summed E-state index contributed by atoms with van der Waals surface area (Å²) < 4.78 is 1.57. The number of Topliss-reactive ketones (excluding diaryl/α,β-unsaturated/α-hetero) is 1. The predicted octanol–water partition coefficient (Wildman–Crippen LogP) is 2.46. The molecule has 1 atom stereocenters. The fourth-order valence-electron chi connectivity index (χ4n) is 3.59. The number of hydrogen-bond donors (Lipinski definition) is 2. The summed E-state index contributed by atoms with van der Waals surface area (Å²) in [5, 5.41) is 7.82. The standard InChI is InChI=1S/C20H28N6O/c1-5-13(12-25(3)4)15-11-23-26-19(21)17(16(27)6-2)18(24-20(15)26)14-8-7-9-22-10-14/h5,11-12,14,22H,1,6-10,21H2,2-4H3/b13-12+. The number of aromatic nitrogens is 3. The molecule has 0 bridgehead atoms. The molecule has 3 heterocycles. The topological polar surface area (TPSA) is 88.5 Å². The number of rotatable bonds is 6. The molecule has 0 spiro atoms. The molecule has 1 aliphatic heterocycles. The Balaban J connectivity index is 2.26. The summed E-state index contributed by atoms with van der Waals surface area (Å²) in [4.78, 5) is 19.5. The maximum Gasteiger partial charge on any atom is 0.168 e. The Morgan fingerprint density at radius 2 is 2.30 bits per heavy atom. The second-order valence-electron chi connectivity index (χ2n) is 7.12. The Bertz CT molecular complexity index is 889. The SMILES string of the molecule is C=C/C(=C\N(C)C)c1cnn2c(N)c(C(=O)CC)c(C3CCCNC3)nc12. The van der Waals surface area contributed by atoms with Crippen molar-refractivity contribution in [2.75, 3.05) is 32.9 Å². The van der Waals surface area contributed by atoms with Gasteiger partial charge in [0.25, 0.3) is 0 Å². The predicted molar refractivity (Wildman–Crippen MR) is 109 cm³/mol. The minimum Gasteiger partial charge on any atom is -0.383 e. The first-order valence-electron chi connectivity index (χ1n) is 9.40. The van der Waals surface area contributed by atoms with Gasteiger partial charge in [0.05, 0.1) is 17.5 Å². The molecule has 0 aromatic carbocycles. The zero-order valence-electron chi connectivity index (χ0n) is 16.3. The lowest BCUT2D eigenvalue weighted by Crippen LogP contribution is -2.30. The molecule has 7 nitrogen and oxygen atoms in total. The minimum atomic E-state index is 0.00676. The number of anilines is 1. The number of piperidine rings is 1. The molecule has 7 heteroatoms. The summed E-state index contributed by atoms with van der Waals surface area (Å²) in [7, 11) is 3.91. The molecule has 0 amide bonds. The van der Waals surface area contributed by atoms with Crippen LogP contribution in [0.2, 0.25) is 0 Å². The second kappa shape index (κ2) is 7.92. The summed E-state index contributed by atoms with van der Waals surface area (Å²) in [6, 6.07) is 0. The molecule has 0 saturated carbocycles. The number of nitrogens with zero attached hydrogens (tertiary/aromatic N) is 4. The molecular weight excluding hydrogens is 340 g/mol. The van der Waals surface area contributed by atoms with Crippen LogP contribution in [0.4, 0.5) is 5.82 Å². The Labute approximate surface area is 159 Å². The molecule has 1 saturated heterocycles. The van der Waals surface area contributed by atoms with Gasteiger partial charge in [0.15, 0.2) is 11.4 Å². The Morgan fingerprint density at radius 3 is 2.89 bits per heavy atom. The van der Waals surface area contributed by atoms with Crippen LogP contribution < -0.4 is 11.1 Å². The normalized spacial score (nSPS) is 17.9. The average Bonchev–Trinajstić information content (AvgIpc) is 3.10. The third-order valence-electron chi connectivity index (χ3n) is 4.92. The molecule has 2 aromatic heterocycles. The van der Waals surface area contributed by atoms with Gasteiger partial charge in [-0.3, -0.25) is 4.79 Å². The van der Waals surface area contributed by atoms with Gasteiger partial charge in [-0.15, -0.1) is 0 Å². The van der Waals surface area contributed by atoms with Crippen molar-refractivity contribution in [3.8, 4) is 0 Å². The number of ketones is 1. The van der Waals surface area contributed by atoms with E-state index in [-0.39, 0.29) is 11.7 Å². The molecule has 1 unspecified atom stereocenters. The molecule has 3 N–H and O–H groups in total.